The van der Waals surface area contributed by atoms with Gasteiger partial charge >= 0.3 is 0 Å². The average molecular weight is 424 g/mol. The van der Waals surface area contributed by atoms with Crippen LogP contribution in [-0.2, 0) is 9.53 Å². The van der Waals surface area contributed by atoms with E-state index in [1.54, 1.807) is 0 Å². The molecule has 2 aliphatic rings. The highest BCUT2D eigenvalue weighted by Gasteiger charge is 2.29. The van der Waals surface area contributed by atoms with Crippen molar-refractivity contribution in [3.8, 4) is 0 Å². The number of fused-ring (bicyclic) bond motifs is 4. The van der Waals surface area contributed by atoms with Gasteiger partial charge in [0.05, 0.1) is 0 Å². The van der Waals surface area contributed by atoms with E-state index in [2.05, 4.69) is 72.0 Å². The van der Waals surface area contributed by atoms with Crippen molar-refractivity contribution in [1.29, 1.82) is 0 Å². The molecule has 7 unspecified atom stereocenters. The molecule has 170 valence electrons. The number of carbonyl (C=O) groups is 1. The Morgan fingerprint density at radius 2 is 1.74 bits per heavy atom. The molecule has 0 aromatic heterocycles. The van der Waals surface area contributed by atoms with Gasteiger partial charge in [0.25, 0.3) is 5.91 Å². The maximum atomic E-state index is 12.9. The van der Waals surface area contributed by atoms with Gasteiger partial charge in [0, 0.05) is 11.6 Å². The third kappa shape index (κ3) is 5.61. The van der Waals surface area contributed by atoms with E-state index >= 15 is 0 Å². The summed E-state index contributed by atoms with van der Waals surface area (Å²) >= 11 is 0. The van der Waals surface area contributed by atoms with E-state index in [0.717, 1.165) is 18.5 Å². The highest BCUT2D eigenvalue weighted by atomic mass is 16.5. The Hall–Kier alpha value is -2.03. The number of carbonyl (C=O) groups excluding carboxylic acids is 1. The van der Waals surface area contributed by atoms with E-state index in [1.807, 2.05) is 18.2 Å². The van der Waals surface area contributed by atoms with Crippen LogP contribution in [0.1, 0.15) is 79.2 Å². The largest absolute Gasteiger partial charge is 0.484 e. The number of benzene rings is 1. The zero-order valence-corrected chi connectivity index (χ0v) is 20.4. The van der Waals surface area contributed by atoms with E-state index in [4.69, 9.17) is 4.74 Å². The molecule has 7 atom stereocenters. The third-order valence-electron chi connectivity index (χ3n) is 8.08. The van der Waals surface area contributed by atoms with Crippen LogP contribution in [0.25, 0.3) is 0 Å². The van der Waals surface area contributed by atoms with Crippen LogP contribution in [0.5, 0.6) is 0 Å². The number of hydrogen-bond acceptors (Lipinski definition) is 2. The monoisotopic (exact) mass is 423 g/mol. The molecule has 0 spiro atoms. The smallest absolute Gasteiger partial charge is 0.290 e. The van der Waals surface area contributed by atoms with Crippen molar-refractivity contribution in [3.05, 3.63) is 53.3 Å². The van der Waals surface area contributed by atoms with Crippen LogP contribution in [0.15, 0.2) is 47.7 Å². The van der Waals surface area contributed by atoms with E-state index in [0.29, 0.717) is 41.3 Å². The first-order valence-corrected chi connectivity index (χ1v) is 12.1. The van der Waals surface area contributed by atoms with Crippen LogP contribution in [0.3, 0.4) is 0 Å². The number of anilines is 1. The summed E-state index contributed by atoms with van der Waals surface area (Å²) < 4.78 is 6.21. The molecular weight excluding hydrogens is 382 g/mol. The number of rotatable bonds is 0. The molecule has 1 amide bonds. The van der Waals surface area contributed by atoms with Gasteiger partial charge in [-0.25, -0.2) is 0 Å². The normalized spacial score (nSPS) is 35.2. The highest BCUT2D eigenvalue weighted by Crippen LogP contribution is 2.36. The van der Waals surface area contributed by atoms with E-state index in [9.17, 15) is 4.79 Å². The van der Waals surface area contributed by atoms with Crippen molar-refractivity contribution in [2.24, 2.45) is 29.6 Å². The molecule has 3 heteroatoms. The molecule has 0 aliphatic carbocycles. The standard InChI is InChI=1S/C28H41NO2/c1-17-14-19(3)22(6)24-10-8-11-25(16-24)29-28(30)27-13-9-12-26(31-27)23(7)20(4)15-18(2)21(17)5/h8,10-11,13,15-19,21-23,26H,9,12,14H2,1-7H3,(H,29,30). The van der Waals surface area contributed by atoms with Gasteiger partial charge in [-0.2, -0.15) is 0 Å². The predicted molar refractivity (Wildman–Crippen MR) is 130 cm³/mol. The topological polar surface area (TPSA) is 38.3 Å². The van der Waals surface area contributed by atoms with Gasteiger partial charge in [-0.1, -0.05) is 65.3 Å². The first-order chi connectivity index (χ1) is 14.7. The Bertz CT molecular complexity index is 839. The highest BCUT2D eigenvalue weighted by molar-refractivity contribution is 6.02. The Kier molecular flexibility index (Phi) is 7.67. The summed E-state index contributed by atoms with van der Waals surface area (Å²) in [5.74, 6) is 3.39. The fourth-order valence-electron chi connectivity index (χ4n) is 5.10. The molecule has 0 radical (unpaired) electrons. The lowest BCUT2D eigenvalue weighted by atomic mass is 9.75. The summed E-state index contributed by atoms with van der Waals surface area (Å²) in [5, 5.41) is 3.07. The molecule has 4 bridgehead atoms. The minimum absolute atomic E-state index is 0.0454. The third-order valence-corrected chi connectivity index (χ3v) is 8.08. The molecule has 3 nitrogen and oxygen atoms in total. The van der Waals surface area contributed by atoms with E-state index in [-0.39, 0.29) is 12.0 Å². The van der Waals surface area contributed by atoms with Gasteiger partial charge in [-0.3, -0.25) is 4.79 Å². The van der Waals surface area contributed by atoms with Gasteiger partial charge in [0.1, 0.15) is 6.10 Å². The van der Waals surface area contributed by atoms with Gasteiger partial charge in [0.15, 0.2) is 5.76 Å². The fourth-order valence-corrected chi connectivity index (χ4v) is 5.10. The predicted octanol–water partition coefficient (Wildman–Crippen LogP) is 7.32. The minimum atomic E-state index is -0.142. The van der Waals surface area contributed by atoms with Crippen molar-refractivity contribution in [1.82, 2.24) is 0 Å². The number of ether oxygens (including phenoxy) is 1. The Labute approximate surface area is 189 Å². The van der Waals surface area contributed by atoms with Crippen LogP contribution < -0.4 is 5.32 Å². The first kappa shape index (κ1) is 23.6. The fraction of sp³-hybridized carbons (Fsp3) is 0.607. The van der Waals surface area contributed by atoms with Gasteiger partial charge in [-0.15, -0.1) is 0 Å². The van der Waals surface area contributed by atoms with Crippen molar-refractivity contribution in [2.75, 3.05) is 5.32 Å². The van der Waals surface area contributed by atoms with Crippen LogP contribution in [-0.4, -0.2) is 12.0 Å². The molecule has 0 fully saturated rings. The molecule has 1 N–H and O–H groups in total. The lowest BCUT2D eigenvalue weighted by Crippen LogP contribution is -2.29. The van der Waals surface area contributed by atoms with Crippen LogP contribution in [0.4, 0.5) is 5.69 Å². The molecular formula is C28H41NO2. The number of hydrogen-bond donors (Lipinski definition) is 1. The second-order valence-corrected chi connectivity index (χ2v) is 10.3. The first-order valence-electron chi connectivity index (χ1n) is 12.1. The molecule has 31 heavy (non-hydrogen) atoms. The minimum Gasteiger partial charge on any atom is -0.484 e. The summed E-state index contributed by atoms with van der Waals surface area (Å²) in [4.78, 5) is 12.9. The Morgan fingerprint density at radius 3 is 2.48 bits per heavy atom. The van der Waals surface area contributed by atoms with Gasteiger partial charge in [-0.05, 0) is 79.5 Å². The number of amides is 1. The lowest BCUT2D eigenvalue weighted by Gasteiger charge is -2.31. The van der Waals surface area contributed by atoms with Gasteiger partial charge < -0.3 is 10.1 Å². The molecule has 0 saturated heterocycles. The summed E-state index contributed by atoms with van der Waals surface area (Å²) in [7, 11) is 0. The summed E-state index contributed by atoms with van der Waals surface area (Å²) in [5.41, 5.74) is 3.50. The van der Waals surface area contributed by atoms with Crippen molar-refractivity contribution >= 4 is 11.6 Å². The van der Waals surface area contributed by atoms with E-state index < -0.39 is 0 Å². The zero-order valence-electron chi connectivity index (χ0n) is 20.4. The Balaban J connectivity index is 1.95. The maximum Gasteiger partial charge on any atom is 0.290 e. The SMILES string of the molecule is CC1=CC(C)C(C)C(C)CC(C)C(C)c2cccc(c2)NC(=O)C2=CCCC(O2)C1C. The summed E-state index contributed by atoms with van der Waals surface area (Å²) in [6, 6.07) is 8.32. The molecule has 2 aliphatic heterocycles. The summed E-state index contributed by atoms with van der Waals surface area (Å²) in [6.45, 7) is 16.3. The second kappa shape index (κ2) is 10.1. The average Bonchev–Trinajstić information content (AvgIpc) is 2.76. The maximum absolute atomic E-state index is 12.9. The lowest BCUT2D eigenvalue weighted by molar-refractivity contribution is -0.118. The quantitative estimate of drug-likeness (QED) is 0.444. The van der Waals surface area contributed by atoms with Crippen LogP contribution >= 0.6 is 0 Å². The van der Waals surface area contributed by atoms with Gasteiger partial charge in [0.2, 0.25) is 0 Å². The van der Waals surface area contributed by atoms with Crippen molar-refractivity contribution < 1.29 is 9.53 Å². The summed E-state index contributed by atoms with van der Waals surface area (Å²) in [6.07, 6.45) is 7.46. The van der Waals surface area contributed by atoms with Crippen LogP contribution in [0.2, 0.25) is 0 Å². The zero-order chi connectivity index (χ0) is 22.7. The van der Waals surface area contributed by atoms with Crippen molar-refractivity contribution in [2.45, 2.75) is 79.8 Å². The molecule has 2 heterocycles. The molecule has 1 aromatic carbocycles. The molecule has 1 aromatic rings. The Morgan fingerprint density at radius 1 is 1.00 bits per heavy atom. The van der Waals surface area contributed by atoms with Crippen LogP contribution in [0, 0.1) is 29.6 Å². The molecule has 3 rings (SSSR count). The van der Waals surface area contributed by atoms with E-state index in [1.165, 1.54) is 17.6 Å². The van der Waals surface area contributed by atoms with Crippen molar-refractivity contribution in [3.63, 3.8) is 0 Å². The second-order valence-electron chi connectivity index (χ2n) is 10.3. The number of nitrogens with one attached hydrogen (secondary N) is 1. The molecule has 0 saturated carbocycles. The number of allylic oxidation sites excluding steroid dienone is 2.